The van der Waals surface area contributed by atoms with Crippen LogP contribution >= 0.6 is 11.6 Å². The Labute approximate surface area is 146 Å². The number of hydrogen-bond acceptors (Lipinski definition) is 4. The molecule has 132 valence electrons. The first-order chi connectivity index (χ1) is 11.4. The van der Waals surface area contributed by atoms with Crippen molar-refractivity contribution in [1.82, 2.24) is 9.80 Å². The molecule has 0 aromatic heterocycles. The Bertz CT molecular complexity index is 564. The predicted molar refractivity (Wildman–Crippen MR) is 91.2 cm³/mol. The van der Waals surface area contributed by atoms with Gasteiger partial charge in [-0.1, -0.05) is 23.7 Å². The van der Waals surface area contributed by atoms with Gasteiger partial charge in [0.25, 0.3) is 0 Å². The molecule has 0 bridgehead atoms. The molecular formula is C17H23ClN2O4. The fourth-order valence-corrected chi connectivity index (χ4v) is 2.89. The predicted octanol–water partition coefficient (Wildman–Crippen LogP) is 1.52. The van der Waals surface area contributed by atoms with Crippen molar-refractivity contribution in [3.63, 3.8) is 0 Å². The maximum absolute atomic E-state index is 12.4. The Kier molecular flexibility index (Phi) is 7.02. The maximum Gasteiger partial charge on any atom is 0.317 e. The van der Waals surface area contributed by atoms with Crippen LogP contribution in [0.2, 0.25) is 5.02 Å². The van der Waals surface area contributed by atoms with Gasteiger partial charge in [0.15, 0.2) is 0 Å². The lowest BCUT2D eigenvalue weighted by atomic mass is 10.1. The van der Waals surface area contributed by atoms with Gasteiger partial charge in [0.2, 0.25) is 5.91 Å². The smallest absolute Gasteiger partial charge is 0.317 e. The van der Waals surface area contributed by atoms with E-state index in [1.807, 2.05) is 24.3 Å². The van der Waals surface area contributed by atoms with E-state index in [0.29, 0.717) is 44.1 Å². The number of likely N-dealkylation sites (N-methyl/N-ethyl adjacent to an activating group) is 1. The lowest BCUT2D eigenvalue weighted by Gasteiger charge is -2.34. The number of aryl methyl sites for hydroxylation is 1. The third-order valence-corrected chi connectivity index (χ3v) is 4.20. The third-order valence-electron chi connectivity index (χ3n) is 3.95. The minimum atomic E-state index is -0.871. The SMILES string of the molecule is CN(CC(=O)O)CC1CN(C(=O)CCc2ccc(Cl)cc2)CCO1. The second-order valence-corrected chi connectivity index (χ2v) is 6.49. The van der Waals surface area contributed by atoms with Gasteiger partial charge in [0, 0.05) is 31.1 Å². The van der Waals surface area contributed by atoms with Crippen molar-refractivity contribution in [2.24, 2.45) is 0 Å². The number of carbonyl (C=O) groups excluding carboxylic acids is 1. The van der Waals surface area contributed by atoms with Crippen LogP contribution in [0.25, 0.3) is 0 Å². The van der Waals surface area contributed by atoms with Crippen molar-refractivity contribution in [2.45, 2.75) is 18.9 Å². The molecule has 1 saturated heterocycles. The Morgan fingerprint density at radius 3 is 2.75 bits per heavy atom. The van der Waals surface area contributed by atoms with Crippen LogP contribution in [0, 0.1) is 0 Å². The monoisotopic (exact) mass is 354 g/mol. The summed E-state index contributed by atoms with van der Waals surface area (Å²) in [4.78, 5) is 26.6. The van der Waals surface area contributed by atoms with Gasteiger partial charge in [-0.15, -0.1) is 0 Å². The van der Waals surface area contributed by atoms with Gasteiger partial charge in [0.05, 0.1) is 19.3 Å². The van der Waals surface area contributed by atoms with Crippen LogP contribution in [-0.2, 0) is 20.7 Å². The normalized spacial score (nSPS) is 18.0. The molecule has 0 saturated carbocycles. The molecule has 1 aromatic carbocycles. The van der Waals surface area contributed by atoms with Gasteiger partial charge in [-0.2, -0.15) is 0 Å². The van der Waals surface area contributed by atoms with E-state index in [1.165, 1.54) is 0 Å². The highest BCUT2D eigenvalue weighted by Gasteiger charge is 2.25. The van der Waals surface area contributed by atoms with Crippen molar-refractivity contribution >= 4 is 23.5 Å². The van der Waals surface area contributed by atoms with Crippen LogP contribution in [0.5, 0.6) is 0 Å². The number of aliphatic carboxylic acids is 1. The van der Waals surface area contributed by atoms with Crippen molar-refractivity contribution in [3.05, 3.63) is 34.9 Å². The minimum Gasteiger partial charge on any atom is -0.480 e. The zero-order valence-electron chi connectivity index (χ0n) is 13.8. The van der Waals surface area contributed by atoms with E-state index in [2.05, 4.69) is 0 Å². The first-order valence-corrected chi connectivity index (χ1v) is 8.36. The number of carboxylic acids is 1. The molecule has 0 spiro atoms. The highest BCUT2D eigenvalue weighted by atomic mass is 35.5. The van der Waals surface area contributed by atoms with Crippen LogP contribution in [0.15, 0.2) is 24.3 Å². The summed E-state index contributed by atoms with van der Waals surface area (Å²) < 4.78 is 5.64. The first-order valence-electron chi connectivity index (χ1n) is 7.98. The molecule has 7 heteroatoms. The number of carbonyl (C=O) groups is 2. The molecule has 1 unspecified atom stereocenters. The Balaban J connectivity index is 1.79. The maximum atomic E-state index is 12.4. The number of ether oxygens (including phenoxy) is 1. The number of benzene rings is 1. The summed E-state index contributed by atoms with van der Waals surface area (Å²) in [5.74, 6) is -0.775. The highest BCUT2D eigenvalue weighted by Crippen LogP contribution is 2.13. The number of carboxylic acid groups (broad SMARTS) is 1. The van der Waals surface area contributed by atoms with E-state index in [-0.39, 0.29) is 18.6 Å². The van der Waals surface area contributed by atoms with E-state index < -0.39 is 5.97 Å². The summed E-state index contributed by atoms with van der Waals surface area (Å²) in [5, 5.41) is 9.48. The molecule has 1 N–H and O–H groups in total. The van der Waals surface area contributed by atoms with Gasteiger partial charge in [-0.05, 0) is 31.2 Å². The fraction of sp³-hybridized carbons (Fsp3) is 0.529. The van der Waals surface area contributed by atoms with Crippen molar-refractivity contribution in [1.29, 1.82) is 0 Å². The van der Waals surface area contributed by atoms with Crippen LogP contribution in [0.1, 0.15) is 12.0 Å². The van der Waals surface area contributed by atoms with Gasteiger partial charge < -0.3 is 14.7 Å². The Hall–Kier alpha value is -1.63. The molecule has 6 nitrogen and oxygen atoms in total. The third kappa shape index (κ3) is 6.11. The first kappa shape index (κ1) is 18.7. The minimum absolute atomic E-state index is 0.0373. The number of morpholine rings is 1. The molecule has 1 aromatic rings. The van der Waals surface area contributed by atoms with Crippen LogP contribution in [0.4, 0.5) is 0 Å². The topological polar surface area (TPSA) is 70.1 Å². The van der Waals surface area contributed by atoms with E-state index >= 15 is 0 Å². The average Bonchev–Trinajstić information content (AvgIpc) is 2.53. The number of hydrogen-bond donors (Lipinski definition) is 1. The van der Waals surface area contributed by atoms with Gasteiger partial charge >= 0.3 is 5.97 Å². The van der Waals surface area contributed by atoms with Crippen molar-refractivity contribution < 1.29 is 19.4 Å². The average molecular weight is 355 g/mol. The molecule has 1 fully saturated rings. The molecular weight excluding hydrogens is 332 g/mol. The van der Waals surface area contributed by atoms with Gasteiger partial charge in [-0.3, -0.25) is 14.5 Å². The van der Waals surface area contributed by atoms with E-state index in [9.17, 15) is 9.59 Å². The molecule has 0 radical (unpaired) electrons. The molecule has 1 aliphatic heterocycles. The summed E-state index contributed by atoms with van der Waals surface area (Å²) in [6.07, 6.45) is 0.971. The van der Waals surface area contributed by atoms with Gasteiger partial charge in [0.1, 0.15) is 0 Å². The van der Waals surface area contributed by atoms with E-state index in [0.717, 1.165) is 5.56 Å². The number of rotatable bonds is 7. The highest BCUT2D eigenvalue weighted by molar-refractivity contribution is 6.30. The molecule has 1 atom stereocenters. The fourth-order valence-electron chi connectivity index (χ4n) is 2.76. The van der Waals surface area contributed by atoms with Crippen molar-refractivity contribution in [3.8, 4) is 0 Å². The van der Waals surface area contributed by atoms with E-state index in [1.54, 1.807) is 16.8 Å². The van der Waals surface area contributed by atoms with Crippen LogP contribution in [0.3, 0.4) is 0 Å². The summed E-state index contributed by atoms with van der Waals surface area (Å²) in [7, 11) is 1.73. The molecule has 2 rings (SSSR count). The summed E-state index contributed by atoms with van der Waals surface area (Å²) in [6, 6.07) is 7.51. The number of halogens is 1. The zero-order chi connectivity index (χ0) is 17.5. The van der Waals surface area contributed by atoms with E-state index in [4.69, 9.17) is 21.4 Å². The quantitative estimate of drug-likeness (QED) is 0.804. The molecule has 1 heterocycles. The van der Waals surface area contributed by atoms with Gasteiger partial charge in [-0.25, -0.2) is 0 Å². The molecule has 1 aliphatic rings. The van der Waals surface area contributed by atoms with Crippen molar-refractivity contribution in [2.75, 3.05) is 39.8 Å². The Morgan fingerprint density at radius 2 is 2.08 bits per heavy atom. The van der Waals surface area contributed by atoms with Crippen LogP contribution in [-0.4, -0.2) is 72.7 Å². The molecule has 0 aliphatic carbocycles. The number of nitrogens with zero attached hydrogens (tertiary/aromatic N) is 2. The Morgan fingerprint density at radius 1 is 1.38 bits per heavy atom. The molecule has 24 heavy (non-hydrogen) atoms. The zero-order valence-corrected chi connectivity index (χ0v) is 14.5. The summed E-state index contributed by atoms with van der Waals surface area (Å²) in [6.45, 7) is 2.03. The largest absolute Gasteiger partial charge is 0.480 e. The lowest BCUT2D eigenvalue weighted by Crippen LogP contribution is -2.49. The standard InChI is InChI=1S/C17H23ClN2O4/c1-19(12-17(22)23)10-15-11-20(8-9-24-15)16(21)7-4-13-2-5-14(18)6-3-13/h2-3,5-6,15H,4,7-12H2,1H3,(H,22,23). The van der Waals surface area contributed by atoms with Crippen LogP contribution < -0.4 is 0 Å². The lowest BCUT2D eigenvalue weighted by molar-refractivity contribution is -0.142. The summed E-state index contributed by atoms with van der Waals surface area (Å²) >= 11 is 5.86. The second kappa shape index (κ2) is 9.01. The second-order valence-electron chi connectivity index (χ2n) is 6.05. The summed E-state index contributed by atoms with van der Waals surface area (Å²) in [5.41, 5.74) is 1.08. The molecule has 1 amide bonds. The number of amides is 1.